The summed E-state index contributed by atoms with van der Waals surface area (Å²) in [6.45, 7) is 3.55. The number of benzene rings is 1. The first-order valence-corrected chi connectivity index (χ1v) is 6.13. The average molecular weight is 252 g/mol. The van der Waals surface area contributed by atoms with E-state index in [9.17, 15) is 10.1 Å². The predicted molar refractivity (Wildman–Crippen MR) is 72.1 cm³/mol. The van der Waals surface area contributed by atoms with Gasteiger partial charge in [0.2, 0.25) is 0 Å². The zero-order chi connectivity index (χ0) is 13.4. The lowest BCUT2D eigenvalue weighted by atomic mass is 10.1. The third-order valence-corrected chi connectivity index (χ3v) is 2.76. The van der Waals surface area contributed by atoms with E-state index in [2.05, 4.69) is 5.32 Å². The Morgan fingerprint density at radius 2 is 2.11 bits per heavy atom. The third-order valence-electron chi connectivity index (χ3n) is 2.76. The van der Waals surface area contributed by atoms with E-state index in [1.165, 1.54) is 6.07 Å². The highest BCUT2D eigenvalue weighted by Crippen LogP contribution is 2.21. The lowest BCUT2D eigenvalue weighted by Crippen LogP contribution is -2.04. The first-order chi connectivity index (χ1) is 8.65. The molecule has 0 aliphatic rings. The van der Waals surface area contributed by atoms with Crippen molar-refractivity contribution in [3.8, 4) is 0 Å². The number of nitro benzene ring substituents is 1. The van der Waals surface area contributed by atoms with Gasteiger partial charge in [-0.3, -0.25) is 10.1 Å². The van der Waals surface area contributed by atoms with Crippen LogP contribution in [0.2, 0.25) is 0 Å². The number of hydrogen-bond donors (Lipinski definition) is 1. The summed E-state index contributed by atoms with van der Waals surface area (Å²) < 4.78 is 4.98. The van der Waals surface area contributed by atoms with Gasteiger partial charge in [-0.15, -0.1) is 0 Å². The Labute approximate surface area is 107 Å². The number of aryl methyl sites for hydroxylation is 1. The molecule has 1 N–H and O–H groups in total. The molecule has 0 amide bonds. The van der Waals surface area contributed by atoms with Crippen LogP contribution in [0.15, 0.2) is 18.2 Å². The van der Waals surface area contributed by atoms with Crippen molar-refractivity contribution in [2.75, 3.05) is 25.6 Å². The largest absolute Gasteiger partial charge is 0.385 e. The molecule has 18 heavy (non-hydrogen) atoms. The molecule has 0 fully saturated rings. The molecule has 1 aromatic carbocycles. The van der Waals surface area contributed by atoms with Crippen LogP contribution in [-0.2, 0) is 4.74 Å². The van der Waals surface area contributed by atoms with Crippen molar-refractivity contribution < 1.29 is 9.66 Å². The second-order valence-electron chi connectivity index (χ2n) is 4.24. The molecular weight excluding hydrogens is 232 g/mol. The molecule has 0 unspecified atom stereocenters. The second kappa shape index (κ2) is 7.66. The molecule has 0 saturated heterocycles. The van der Waals surface area contributed by atoms with E-state index in [1.54, 1.807) is 19.2 Å². The molecule has 0 radical (unpaired) electrons. The minimum Gasteiger partial charge on any atom is -0.385 e. The summed E-state index contributed by atoms with van der Waals surface area (Å²) >= 11 is 0. The van der Waals surface area contributed by atoms with Gasteiger partial charge >= 0.3 is 0 Å². The summed E-state index contributed by atoms with van der Waals surface area (Å²) in [5.74, 6) is 0. The standard InChI is InChI=1S/C13H20N2O3/c1-11-10-12(15(16)17)6-7-13(11)14-8-4-3-5-9-18-2/h6-7,10,14H,3-5,8-9H2,1-2H3. The van der Waals surface area contributed by atoms with Crippen molar-refractivity contribution in [2.24, 2.45) is 0 Å². The number of hydrogen-bond acceptors (Lipinski definition) is 4. The minimum absolute atomic E-state index is 0.137. The fourth-order valence-corrected chi connectivity index (χ4v) is 1.73. The summed E-state index contributed by atoms with van der Waals surface area (Å²) in [6, 6.07) is 4.89. The molecule has 5 heteroatoms. The minimum atomic E-state index is -0.373. The van der Waals surface area contributed by atoms with Crippen LogP contribution in [-0.4, -0.2) is 25.2 Å². The number of anilines is 1. The van der Waals surface area contributed by atoms with Crippen LogP contribution in [0.25, 0.3) is 0 Å². The van der Waals surface area contributed by atoms with Gasteiger partial charge in [-0.25, -0.2) is 0 Å². The van der Waals surface area contributed by atoms with E-state index in [1.807, 2.05) is 6.92 Å². The molecule has 100 valence electrons. The van der Waals surface area contributed by atoms with Crippen LogP contribution in [0.3, 0.4) is 0 Å². The number of methoxy groups -OCH3 is 1. The molecule has 0 aliphatic carbocycles. The Morgan fingerprint density at radius 3 is 2.72 bits per heavy atom. The maximum absolute atomic E-state index is 10.6. The molecule has 1 rings (SSSR count). The summed E-state index contributed by atoms with van der Waals surface area (Å²) in [5.41, 5.74) is 2.01. The molecule has 0 bridgehead atoms. The van der Waals surface area contributed by atoms with Crippen molar-refractivity contribution in [3.05, 3.63) is 33.9 Å². The van der Waals surface area contributed by atoms with Crippen LogP contribution < -0.4 is 5.32 Å². The van der Waals surface area contributed by atoms with Gasteiger partial charge in [0.15, 0.2) is 0 Å². The Kier molecular flexibility index (Phi) is 6.14. The number of nitrogens with one attached hydrogen (secondary N) is 1. The normalized spacial score (nSPS) is 10.3. The maximum atomic E-state index is 10.6. The summed E-state index contributed by atoms with van der Waals surface area (Å²) in [4.78, 5) is 10.2. The lowest BCUT2D eigenvalue weighted by Gasteiger charge is -2.09. The van der Waals surface area contributed by atoms with Gasteiger partial charge in [0.05, 0.1) is 4.92 Å². The monoisotopic (exact) mass is 252 g/mol. The first kappa shape index (κ1) is 14.4. The summed E-state index contributed by atoms with van der Waals surface area (Å²) in [7, 11) is 1.71. The predicted octanol–water partition coefficient (Wildman–Crippen LogP) is 3.13. The maximum Gasteiger partial charge on any atom is 0.269 e. The van der Waals surface area contributed by atoms with Gasteiger partial charge in [0.25, 0.3) is 5.69 Å². The van der Waals surface area contributed by atoms with Crippen LogP contribution in [0.4, 0.5) is 11.4 Å². The average Bonchev–Trinajstić information content (AvgIpc) is 2.35. The van der Waals surface area contributed by atoms with Gasteiger partial charge in [-0.2, -0.15) is 0 Å². The van der Waals surface area contributed by atoms with Gasteiger partial charge in [0.1, 0.15) is 0 Å². The lowest BCUT2D eigenvalue weighted by molar-refractivity contribution is -0.384. The molecule has 0 saturated carbocycles. The SMILES string of the molecule is COCCCCCNc1ccc([N+](=O)[O-])cc1C. The number of nitrogens with zero attached hydrogens (tertiary/aromatic N) is 1. The first-order valence-electron chi connectivity index (χ1n) is 6.13. The van der Waals surface area contributed by atoms with Crippen LogP contribution in [0, 0.1) is 17.0 Å². The van der Waals surface area contributed by atoms with Gasteiger partial charge in [-0.05, 0) is 37.8 Å². The summed E-state index contributed by atoms with van der Waals surface area (Å²) in [5, 5.41) is 13.9. The van der Waals surface area contributed by atoms with E-state index in [4.69, 9.17) is 4.74 Å². The van der Waals surface area contributed by atoms with Gasteiger partial charge in [0, 0.05) is 38.1 Å². The zero-order valence-corrected chi connectivity index (χ0v) is 10.9. The van der Waals surface area contributed by atoms with Crippen LogP contribution in [0.5, 0.6) is 0 Å². The molecule has 0 aromatic heterocycles. The van der Waals surface area contributed by atoms with Crippen molar-refractivity contribution in [1.29, 1.82) is 0 Å². The van der Waals surface area contributed by atoms with E-state index in [0.717, 1.165) is 43.7 Å². The number of rotatable bonds is 8. The molecule has 0 spiro atoms. The fraction of sp³-hybridized carbons (Fsp3) is 0.538. The molecule has 5 nitrogen and oxygen atoms in total. The third kappa shape index (κ3) is 4.71. The van der Waals surface area contributed by atoms with Crippen LogP contribution in [0.1, 0.15) is 24.8 Å². The van der Waals surface area contributed by atoms with E-state index < -0.39 is 0 Å². The van der Waals surface area contributed by atoms with E-state index in [0.29, 0.717) is 0 Å². The molecular formula is C13H20N2O3. The molecule has 0 atom stereocenters. The van der Waals surface area contributed by atoms with Crippen molar-refractivity contribution in [1.82, 2.24) is 0 Å². The number of unbranched alkanes of at least 4 members (excludes halogenated alkanes) is 2. The van der Waals surface area contributed by atoms with Crippen molar-refractivity contribution in [2.45, 2.75) is 26.2 Å². The fourth-order valence-electron chi connectivity index (χ4n) is 1.73. The number of non-ortho nitro benzene ring substituents is 1. The van der Waals surface area contributed by atoms with Crippen molar-refractivity contribution >= 4 is 11.4 Å². The molecule has 0 aliphatic heterocycles. The van der Waals surface area contributed by atoms with Crippen molar-refractivity contribution in [3.63, 3.8) is 0 Å². The van der Waals surface area contributed by atoms with Crippen LogP contribution >= 0.6 is 0 Å². The Hall–Kier alpha value is -1.62. The highest BCUT2D eigenvalue weighted by molar-refractivity contribution is 5.55. The highest BCUT2D eigenvalue weighted by Gasteiger charge is 2.07. The number of ether oxygens (including phenoxy) is 1. The molecule has 1 aromatic rings. The van der Waals surface area contributed by atoms with E-state index in [-0.39, 0.29) is 10.6 Å². The summed E-state index contributed by atoms with van der Waals surface area (Å²) in [6.07, 6.45) is 3.25. The quantitative estimate of drug-likeness (QED) is 0.438. The topological polar surface area (TPSA) is 64.4 Å². The van der Waals surface area contributed by atoms with Gasteiger partial charge in [-0.1, -0.05) is 0 Å². The van der Waals surface area contributed by atoms with E-state index >= 15 is 0 Å². The van der Waals surface area contributed by atoms with Gasteiger partial charge < -0.3 is 10.1 Å². The second-order valence-corrected chi connectivity index (χ2v) is 4.24. The Balaban J connectivity index is 2.36. The Morgan fingerprint density at radius 1 is 1.33 bits per heavy atom. The molecule has 0 heterocycles. The Bertz CT molecular complexity index is 394. The number of nitro groups is 1. The highest BCUT2D eigenvalue weighted by atomic mass is 16.6. The smallest absolute Gasteiger partial charge is 0.269 e. The zero-order valence-electron chi connectivity index (χ0n) is 10.9.